The molecule has 0 fully saturated rings. The van der Waals surface area contributed by atoms with Crippen LogP contribution in [0.15, 0.2) is 48.5 Å². The molecule has 0 atom stereocenters. The first-order valence-electron chi connectivity index (χ1n) is 9.51. The largest absolute Gasteiger partial charge is 0.358 e. The summed E-state index contributed by atoms with van der Waals surface area (Å²) in [5.41, 5.74) is 6.15. The number of aromatic amines is 2. The van der Waals surface area contributed by atoms with Crippen LogP contribution < -0.4 is 0 Å². The summed E-state index contributed by atoms with van der Waals surface area (Å²) >= 11 is 0. The minimum atomic E-state index is -0.463. The number of para-hydroxylation sites is 2. The molecule has 0 aliphatic carbocycles. The maximum Gasteiger partial charge on any atom is 0.185 e. The molecule has 0 saturated heterocycles. The summed E-state index contributed by atoms with van der Waals surface area (Å²) in [5.74, 6) is 0. The lowest BCUT2D eigenvalue weighted by molar-refractivity contribution is -0.106. The molecule has 2 aromatic carbocycles. The quantitative estimate of drug-likeness (QED) is 0.420. The van der Waals surface area contributed by atoms with Crippen LogP contribution >= 0.6 is 0 Å². The van der Waals surface area contributed by atoms with Gasteiger partial charge in [0, 0.05) is 79.2 Å². The first-order chi connectivity index (χ1) is 14.2. The predicted octanol–water partition coefficient (Wildman–Crippen LogP) is 4.82. The van der Waals surface area contributed by atoms with Gasteiger partial charge in [-0.05, 0) is 12.1 Å². The SMILES string of the molecule is COC(OC)c1c(Cc2[nH]c3ccccc3c2C(OC)OC)[nH]c2ccccc12. The van der Waals surface area contributed by atoms with E-state index in [1.54, 1.807) is 28.4 Å². The van der Waals surface area contributed by atoms with Gasteiger partial charge >= 0.3 is 0 Å². The van der Waals surface area contributed by atoms with Crippen molar-refractivity contribution in [2.75, 3.05) is 28.4 Å². The lowest BCUT2D eigenvalue weighted by Crippen LogP contribution is -2.09. The molecular weight excluding hydrogens is 368 g/mol. The third kappa shape index (κ3) is 3.45. The molecule has 0 spiro atoms. The minimum absolute atomic E-state index is 0.463. The van der Waals surface area contributed by atoms with Gasteiger partial charge in [0.1, 0.15) is 0 Å². The van der Waals surface area contributed by atoms with Crippen molar-refractivity contribution in [2.24, 2.45) is 0 Å². The van der Waals surface area contributed by atoms with Gasteiger partial charge in [0.15, 0.2) is 12.6 Å². The van der Waals surface area contributed by atoms with Gasteiger partial charge in [0.05, 0.1) is 0 Å². The molecule has 6 heteroatoms. The maximum atomic E-state index is 5.61. The fourth-order valence-corrected chi connectivity index (χ4v) is 4.10. The molecule has 4 rings (SSSR count). The van der Waals surface area contributed by atoms with Crippen LogP contribution in [0.4, 0.5) is 0 Å². The van der Waals surface area contributed by atoms with Crippen LogP contribution in [0, 0.1) is 0 Å². The highest BCUT2D eigenvalue weighted by molar-refractivity contribution is 5.87. The van der Waals surface area contributed by atoms with Crippen molar-refractivity contribution in [3.05, 3.63) is 71.0 Å². The molecule has 0 radical (unpaired) electrons. The Balaban J connectivity index is 1.88. The standard InChI is InChI=1S/C23H26N2O4/c1-26-22(27-2)20-14-9-5-7-11-16(14)24-18(20)13-19-21(23(28-3)29-4)15-10-6-8-12-17(15)25-19/h5-12,22-25H,13H2,1-4H3. The molecule has 152 valence electrons. The Labute approximate surface area is 169 Å². The summed E-state index contributed by atoms with van der Waals surface area (Å²) in [6.07, 6.45) is -0.301. The molecule has 2 aromatic heterocycles. The molecule has 0 aliphatic heterocycles. The Hall–Kier alpha value is -2.64. The van der Waals surface area contributed by atoms with Gasteiger partial charge in [0.25, 0.3) is 0 Å². The van der Waals surface area contributed by atoms with Gasteiger partial charge in [-0.2, -0.15) is 0 Å². The summed E-state index contributed by atoms with van der Waals surface area (Å²) in [5, 5.41) is 2.17. The average Bonchev–Trinajstić information content (AvgIpc) is 3.29. The summed E-state index contributed by atoms with van der Waals surface area (Å²) in [6.45, 7) is 0. The van der Waals surface area contributed by atoms with Crippen molar-refractivity contribution in [1.29, 1.82) is 0 Å². The van der Waals surface area contributed by atoms with Crippen molar-refractivity contribution in [3.8, 4) is 0 Å². The van der Waals surface area contributed by atoms with E-state index in [4.69, 9.17) is 18.9 Å². The number of methoxy groups -OCH3 is 4. The normalized spacial score (nSPS) is 12.1. The van der Waals surface area contributed by atoms with Crippen molar-refractivity contribution < 1.29 is 18.9 Å². The molecule has 0 aliphatic rings. The molecular formula is C23H26N2O4. The second-order valence-electron chi connectivity index (χ2n) is 6.91. The Bertz CT molecular complexity index is 1020. The van der Waals surface area contributed by atoms with E-state index in [0.29, 0.717) is 6.42 Å². The van der Waals surface area contributed by atoms with Crippen LogP contribution in [0.2, 0.25) is 0 Å². The monoisotopic (exact) mass is 394 g/mol. The van der Waals surface area contributed by atoms with E-state index in [1.165, 1.54) is 0 Å². The highest BCUT2D eigenvalue weighted by Crippen LogP contribution is 2.35. The Morgan fingerprint density at radius 3 is 1.38 bits per heavy atom. The number of hydrogen-bond donors (Lipinski definition) is 2. The molecule has 2 N–H and O–H groups in total. The number of benzene rings is 2. The van der Waals surface area contributed by atoms with Gasteiger partial charge in [-0.3, -0.25) is 0 Å². The second kappa shape index (κ2) is 8.39. The van der Waals surface area contributed by atoms with Crippen LogP contribution in [0.1, 0.15) is 35.1 Å². The van der Waals surface area contributed by atoms with E-state index >= 15 is 0 Å². The van der Waals surface area contributed by atoms with Crippen molar-refractivity contribution in [1.82, 2.24) is 9.97 Å². The lowest BCUT2D eigenvalue weighted by atomic mass is 10.0. The second-order valence-corrected chi connectivity index (χ2v) is 6.91. The maximum absolute atomic E-state index is 5.61. The van der Waals surface area contributed by atoms with E-state index in [0.717, 1.165) is 44.3 Å². The number of ether oxygens (including phenoxy) is 4. The number of hydrogen-bond acceptors (Lipinski definition) is 4. The van der Waals surface area contributed by atoms with Gasteiger partial charge in [0.2, 0.25) is 0 Å². The molecule has 0 bridgehead atoms. The third-order valence-electron chi connectivity index (χ3n) is 5.34. The van der Waals surface area contributed by atoms with Crippen molar-refractivity contribution in [3.63, 3.8) is 0 Å². The lowest BCUT2D eigenvalue weighted by Gasteiger charge is -2.17. The molecule has 29 heavy (non-hydrogen) atoms. The molecule has 4 aromatic rings. The van der Waals surface area contributed by atoms with Gasteiger partial charge < -0.3 is 28.9 Å². The number of fused-ring (bicyclic) bond motifs is 2. The average molecular weight is 394 g/mol. The first-order valence-corrected chi connectivity index (χ1v) is 9.51. The number of nitrogens with one attached hydrogen (secondary N) is 2. The van der Waals surface area contributed by atoms with Crippen LogP contribution in [-0.4, -0.2) is 38.4 Å². The van der Waals surface area contributed by atoms with Crippen molar-refractivity contribution in [2.45, 2.75) is 19.0 Å². The molecule has 2 heterocycles. The van der Waals surface area contributed by atoms with Gasteiger partial charge in [-0.1, -0.05) is 36.4 Å². The fraction of sp³-hybridized carbons (Fsp3) is 0.304. The summed E-state index contributed by atoms with van der Waals surface area (Å²) in [4.78, 5) is 7.09. The Morgan fingerprint density at radius 2 is 1.00 bits per heavy atom. The van der Waals surface area contributed by atoms with Crippen LogP contribution in [-0.2, 0) is 25.4 Å². The van der Waals surface area contributed by atoms with Crippen molar-refractivity contribution >= 4 is 21.8 Å². The zero-order valence-electron chi connectivity index (χ0n) is 17.1. The zero-order valence-corrected chi connectivity index (χ0v) is 17.1. The summed E-state index contributed by atoms with van der Waals surface area (Å²) in [6, 6.07) is 16.3. The molecule has 0 saturated carbocycles. The Morgan fingerprint density at radius 1 is 0.621 bits per heavy atom. The topological polar surface area (TPSA) is 68.5 Å². The molecule has 0 amide bonds. The van der Waals surface area contributed by atoms with E-state index in [2.05, 4.69) is 34.2 Å². The third-order valence-corrected chi connectivity index (χ3v) is 5.34. The van der Waals surface area contributed by atoms with Gasteiger partial charge in [-0.25, -0.2) is 0 Å². The van der Waals surface area contributed by atoms with E-state index in [-0.39, 0.29) is 0 Å². The van der Waals surface area contributed by atoms with Crippen LogP contribution in [0.5, 0.6) is 0 Å². The Kier molecular flexibility index (Phi) is 5.69. The zero-order chi connectivity index (χ0) is 20.4. The van der Waals surface area contributed by atoms with Crippen LogP contribution in [0.25, 0.3) is 21.8 Å². The smallest absolute Gasteiger partial charge is 0.185 e. The number of H-pyrrole nitrogens is 2. The summed E-state index contributed by atoms with van der Waals surface area (Å²) in [7, 11) is 6.61. The highest BCUT2D eigenvalue weighted by atomic mass is 16.7. The molecule has 0 unspecified atom stereocenters. The van der Waals surface area contributed by atoms with E-state index in [9.17, 15) is 0 Å². The first kappa shape index (κ1) is 19.7. The predicted molar refractivity (Wildman–Crippen MR) is 113 cm³/mol. The van der Waals surface area contributed by atoms with E-state index < -0.39 is 12.6 Å². The summed E-state index contributed by atoms with van der Waals surface area (Å²) < 4.78 is 22.4. The molecule has 6 nitrogen and oxygen atoms in total. The minimum Gasteiger partial charge on any atom is -0.358 e. The number of aromatic nitrogens is 2. The number of rotatable bonds is 8. The van der Waals surface area contributed by atoms with Gasteiger partial charge in [-0.15, -0.1) is 0 Å². The highest BCUT2D eigenvalue weighted by Gasteiger charge is 2.25. The van der Waals surface area contributed by atoms with E-state index in [1.807, 2.05) is 24.3 Å². The fourth-order valence-electron chi connectivity index (χ4n) is 4.10. The van der Waals surface area contributed by atoms with Crippen LogP contribution in [0.3, 0.4) is 0 Å².